The van der Waals surface area contributed by atoms with E-state index in [0.717, 1.165) is 26.2 Å². The summed E-state index contributed by atoms with van der Waals surface area (Å²) in [6.45, 7) is 7.06. The summed E-state index contributed by atoms with van der Waals surface area (Å²) in [6, 6.07) is 0.134. The Balaban J connectivity index is 3.62. The first-order chi connectivity index (χ1) is 7.10. The Labute approximate surface area is 94.4 Å². The Morgan fingerprint density at radius 1 is 1.27 bits per heavy atom. The summed E-state index contributed by atoms with van der Waals surface area (Å²) in [4.78, 5) is 4.59. The maximum Gasteiger partial charge on any atom is 0.0626 e. The van der Waals surface area contributed by atoms with Gasteiger partial charge in [-0.3, -0.25) is 0 Å². The molecule has 0 aliphatic carbocycles. The fraction of sp³-hybridized carbons (Fsp3) is 1.00. The maximum absolute atomic E-state index is 5.92. The van der Waals surface area contributed by atoms with E-state index in [1.54, 1.807) is 7.11 Å². The van der Waals surface area contributed by atoms with Crippen LogP contribution in [0.15, 0.2) is 0 Å². The van der Waals surface area contributed by atoms with Gasteiger partial charge in [0.25, 0.3) is 0 Å². The van der Waals surface area contributed by atoms with Gasteiger partial charge in [-0.15, -0.1) is 0 Å². The third-order valence-corrected chi connectivity index (χ3v) is 2.40. The maximum atomic E-state index is 5.92. The molecule has 0 amide bonds. The molecule has 0 saturated carbocycles. The molecule has 4 nitrogen and oxygen atoms in total. The molecule has 2 N–H and O–H groups in total. The van der Waals surface area contributed by atoms with Crippen molar-refractivity contribution < 1.29 is 4.74 Å². The molecule has 1 atom stereocenters. The van der Waals surface area contributed by atoms with Gasteiger partial charge >= 0.3 is 0 Å². The fourth-order valence-corrected chi connectivity index (χ4v) is 1.59. The van der Waals surface area contributed by atoms with Crippen molar-refractivity contribution >= 4 is 0 Å². The lowest BCUT2D eigenvalue weighted by Crippen LogP contribution is -2.41. The second kappa shape index (κ2) is 9.09. The van der Waals surface area contributed by atoms with Gasteiger partial charge in [-0.25, -0.2) is 0 Å². The van der Waals surface area contributed by atoms with Crippen LogP contribution >= 0.6 is 0 Å². The number of nitrogens with two attached hydrogens (primary N) is 1. The minimum atomic E-state index is 0.134. The van der Waals surface area contributed by atoms with E-state index in [4.69, 9.17) is 10.5 Å². The van der Waals surface area contributed by atoms with E-state index in [0.29, 0.717) is 6.61 Å². The lowest BCUT2D eigenvalue weighted by molar-refractivity contribution is 0.153. The molecule has 0 spiro atoms. The van der Waals surface area contributed by atoms with Gasteiger partial charge in [0.2, 0.25) is 0 Å². The van der Waals surface area contributed by atoms with Gasteiger partial charge in [-0.05, 0) is 40.2 Å². The van der Waals surface area contributed by atoms with Crippen molar-refractivity contribution in [1.82, 2.24) is 9.80 Å². The SMILES string of the molecule is CCN(CCCN(C)C)CC(N)COC. The highest BCUT2D eigenvalue weighted by molar-refractivity contribution is 4.67. The van der Waals surface area contributed by atoms with E-state index in [2.05, 4.69) is 30.8 Å². The third kappa shape index (κ3) is 8.81. The second-order valence-electron chi connectivity index (χ2n) is 4.27. The quantitative estimate of drug-likeness (QED) is 0.600. The van der Waals surface area contributed by atoms with E-state index in [1.807, 2.05) is 0 Å². The average Bonchev–Trinajstić information content (AvgIpc) is 2.16. The Bertz CT molecular complexity index is 142. The highest BCUT2D eigenvalue weighted by Gasteiger charge is 2.08. The standard InChI is InChI=1S/C11H27N3O/c1-5-14(8-6-7-13(2)3)9-11(12)10-15-4/h11H,5-10,12H2,1-4H3. The predicted octanol–water partition coefficient (Wildman–Crippen LogP) is 0.234. The minimum absolute atomic E-state index is 0.134. The van der Waals surface area contributed by atoms with Gasteiger partial charge in [-0.2, -0.15) is 0 Å². The first-order valence-corrected chi connectivity index (χ1v) is 5.71. The van der Waals surface area contributed by atoms with Crippen molar-refractivity contribution in [2.75, 3.05) is 54.0 Å². The van der Waals surface area contributed by atoms with Gasteiger partial charge in [0.15, 0.2) is 0 Å². The number of likely N-dealkylation sites (N-methyl/N-ethyl adjacent to an activating group) is 1. The highest BCUT2D eigenvalue weighted by Crippen LogP contribution is 1.95. The predicted molar refractivity (Wildman–Crippen MR) is 65.1 cm³/mol. The van der Waals surface area contributed by atoms with Gasteiger partial charge in [0.05, 0.1) is 6.61 Å². The monoisotopic (exact) mass is 217 g/mol. The smallest absolute Gasteiger partial charge is 0.0626 e. The molecule has 0 fully saturated rings. The molecule has 0 aliphatic heterocycles. The molecule has 0 bridgehead atoms. The van der Waals surface area contributed by atoms with Gasteiger partial charge in [-0.1, -0.05) is 6.92 Å². The lowest BCUT2D eigenvalue weighted by atomic mass is 10.2. The molecular weight excluding hydrogens is 190 g/mol. The van der Waals surface area contributed by atoms with Crippen LogP contribution < -0.4 is 5.73 Å². The molecule has 0 aromatic carbocycles. The minimum Gasteiger partial charge on any atom is -0.383 e. The van der Waals surface area contributed by atoms with Crippen LogP contribution in [0.2, 0.25) is 0 Å². The summed E-state index contributed by atoms with van der Waals surface area (Å²) < 4.78 is 5.03. The summed E-state index contributed by atoms with van der Waals surface area (Å²) in [5.41, 5.74) is 5.92. The molecule has 0 aliphatic rings. The topological polar surface area (TPSA) is 41.7 Å². The fourth-order valence-electron chi connectivity index (χ4n) is 1.59. The van der Waals surface area contributed by atoms with E-state index in [1.165, 1.54) is 6.42 Å². The van der Waals surface area contributed by atoms with Crippen LogP contribution in [0.4, 0.5) is 0 Å². The molecule has 0 aromatic rings. The normalized spacial score (nSPS) is 13.8. The molecule has 0 radical (unpaired) electrons. The Hall–Kier alpha value is -0.160. The van der Waals surface area contributed by atoms with E-state index in [9.17, 15) is 0 Å². The molecular formula is C11H27N3O. The number of rotatable bonds is 9. The molecule has 92 valence electrons. The zero-order valence-corrected chi connectivity index (χ0v) is 10.7. The number of hydrogen-bond acceptors (Lipinski definition) is 4. The molecule has 4 heteroatoms. The van der Waals surface area contributed by atoms with E-state index < -0.39 is 0 Å². The van der Waals surface area contributed by atoms with Crippen LogP contribution in [0.1, 0.15) is 13.3 Å². The van der Waals surface area contributed by atoms with Gasteiger partial charge < -0.3 is 20.3 Å². The summed E-state index contributed by atoms with van der Waals surface area (Å²) in [5, 5.41) is 0. The largest absolute Gasteiger partial charge is 0.383 e. The van der Waals surface area contributed by atoms with Crippen LogP contribution in [-0.2, 0) is 4.74 Å². The van der Waals surface area contributed by atoms with Crippen molar-refractivity contribution in [1.29, 1.82) is 0 Å². The molecule has 0 aromatic heterocycles. The van der Waals surface area contributed by atoms with Crippen LogP contribution in [0.5, 0.6) is 0 Å². The molecule has 15 heavy (non-hydrogen) atoms. The Kier molecular flexibility index (Phi) is 9.00. The number of nitrogens with zero attached hydrogens (tertiary/aromatic N) is 2. The summed E-state index contributed by atoms with van der Waals surface area (Å²) in [5.74, 6) is 0. The van der Waals surface area contributed by atoms with Gasteiger partial charge in [0.1, 0.15) is 0 Å². The van der Waals surface area contributed by atoms with Crippen molar-refractivity contribution in [3.63, 3.8) is 0 Å². The van der Waals surface area contributed by atoms with E-state index >= 15 is 0 Å². The van der Waals surface area contributed by atoms with Gasteiger partial charge in [0, 0.05) is 19.7 Å². The van der Waals surface area contributed by atoms with Crippen LogP contribution in [-0.4, -0.2) is 69.8 Å². The lowest BCUT2D eigenvalue weighted by Gasteiger charge is -2.24. The first-order valence-electron chi connectivity index (χ1n) is 5.71. The highest BCUT2D eigenvalue weighted by atomic mass is 16.5. The summed E-state index contributed by atoms with van der Waals surface area (Å²) >= 11 is 0. The molecule has 0 saturated heterocycles. The third-order valence-electron chi connectivity index (χ3n) is 2.40. The molecule has 0 heterocycles. The molecule has 1 unspecified atom stereocenters. The number of ether oxygens (including phenoxy) is 1. The number of methoxy groups -OCH3 is 1. The average molecular weight is 217 g/mol. The zero-order valence-electron chi connectivity index (χ0n) is 10.7. The first kappa shape index (κ1) is 14.8. The second-order valence-corrected chi connectivity index (χ2v) is 4.27. The Morgan fingerprint density at radius 3 is 2.40 bits per heavy atom. The van der Waals surface area contributed by atoms with Crippen molar-refractivity contribution in [3.8, 4) is 0 Å². The van der Waals surface area contributed by atoms with E-state index in [-0.39, 0.29) is 6.04 Å². The zero-order chi connectivity index (χ0) is 11.7. The van der Waals surface area contributed by atoms with Crippen molar-refractivity contribution in [2.45, 2.75) is 19.4 Å². The van der Waals surface area contributed by atoms with Crippen LogP contribution in [0, 0.1) is 0 Å². The summed E-state index contributed by atoms with van der Waals surface area (Å²) in [7, 11) is 5.90. The molecule has 0 rings (SSSR count). The number of hydrogen-bond donors (Lipinski definition) is 1. The Morgan fingerprint density at radius 2 is 1.93 bits per heavy atom. The summed E-state index contributed by atoms with van der Waals surface area (Å²) in [6.07, 6.45) is 1.19. The van der Waals surface area contributed by atoms with Crippen LogP contribution in [0.25, 0.3) is 0 Å². The van der Waals surface area contributed by atoms with Crippen LogP contribution in [0.3, 0.4) is 0 Å². The van der Waals surface area contributed by atoms with Crippen molar-refractivity contribution in [2.24, 2.45) is 5.73 Å². The van der Waals surface area contributed by atoms with Crippen molar-refractivity contribution in [3.05, 3.63) is 0 Å².